The fraction of sp³-hybridized carbons (Fsp3) is 0.381. The molecule has 0 bridgehead atoms. The number of carbonyl (C=O) groups excluding carboxylic acids is 1. The summed E-state index contributed by atoms with van der Waals surface area (Å²) < 4.78 is 19.6. The third-order valence-electron chi connectivity index (χ3n) is 4.57. The highest BCUT2D eigenvalue weighted by molar-refractivity contribution is 5.78. The Kier molecular flexibility index (Phi) is 5.82. The summed E-state index contributed by atoms with van der Waals surface area (Å²) in [5.74, 6) is -0.118. The average molecular weight is 341 g/mol. The van der Waals surface area contributed by atoms with Crippen molar-refractivity contribution >= 4 is 5.91 Å². The first kappa shape index (κ1) is 17.6. The number of hydrogen-bond donors (Lipinski definition) is 0. The van der Waals surface area contributed by atoms with Crippen LogP contribution in [0.25, 0.3) is 0 Å². The summed E-state index contributed by atoms with van der Waals surface area (Å²) in [6.45, 7) is 3.37. The molecule has 2 aromatic rings. The number of rotatable bonds is 7. The highest BCUT2D eigenvalue weighted by Crippen LogP contribution is 2.39. The topological polar surface area (TPSA) is 29.5 Å². The second kappa shape index (κ2) is 8.26. The average Bonchev–Trinajstić information content (AvgIpc) is 3.06. The van der Waals surface area contributed by atoms with E-state index in [0.29, 0.717) is 13.0 Å². The molecule has 25 heavy (non-hydrogen) atoms. The molecule has 1 aliphatic heterocycles. The Labute approximate surface area is 148 Å². The van der Waals surface area contributed by atoms with Crippen molar-refractivity contribution in [1.29, 1.82) is 0 Å². The molecule has 2 atom stereocenters. The van der Waals surface area contributed by atoms with Crippen molar-refractivity contribution < 1.29 is 13.9 Å². The van der Waals surface area contributed by atoms with E-state index in [4.69, 9.17) is 4.74 Å². The maximum absolute atomic E-state index is 13.4. The van der Waals surface area contributed by atoms with Crippen LogP contribution in [0.4, 0.5) is 4.39 Å². The van der Waals surface area contributed by atoms with Crippen LogP contribution in [0.15, 0.2) is 54.6 Å². The van der Waals surface area contributed by atoms with E-state index in [1.165, 1.54) is 12.1 Å². The van der Waals surface area contributed by atoms with Gasteiger partial charge in [-0.05, 0) is 36.1 Å². The number of nitrogens with zero attached hydrogens (tertiary/aromatic N) is 1. The van der Waals surface area contributed by atoms with Gasteiger partial charge in [0.05, 0.1) is 6.04 Å². The van der Waals surface area contributed by atoms with E-state index in [1.54, 1.807) is 12.1 Å². The highest BCUT2D eigenvalue weighted by Gasteiger charge is 2.36. The van der Waals surface area contributed by atoms with E-state index < -0.39 is 0 Å². The van der Waals surface area contributed by atoms with Crippen molar-refractivity contribution in [2.45, 2.75) is 38.3 Å². The predicted octanol–water partition coefficient (Wildman–Crippen LogP) is 4.66. The second-order valence-electron chi connectivity index (χ2n) is 6.39. The molecule has 1 unspecified atom stereocenters. The van der Waals surface area contributed by atoms with Crippen LogP contribution in [0.5, 0.6) is 0 Å². The Hall–Kier alpha value is -2.20. The zero-order valence-corrected chi connectivity index (χ0v) is 14.5. The maximum Gasteiger partial charge on any atom is 0.223 e. The predicted molar refractivity (Wildman–Crippen MR) is 95.5 cm³/mol. The van der Waals surface area contributed by atoms with Crippen molar-refractivity contribution in [2.24, 2.45) is 0 Å². The molecular formula is C21H24FNO2. The van der Waals surface area contributed by atoms with E-state index in [2.05, 4.69) is 6.92 Å². The zero-order chi connectivity index (χ0) is 17.6. The fourth-order valence-electron chi connectivity index (χ4n) is 3.40. The number of amides is 1. The first-order valence-electron chi connectivity index (χ1n) is 8.92. The number of hydrogen-bond acceptors (Lipinski definition) is 2. The molecule has 0 aromatic heterocycles. The Balaban J connectivity index is 2.02. The van der Waals surface area contributed by atoms with Gasteiger partial charge >= 0.3 is 0 Å². The Morgan fingerprint density at radius 1 is 1.08 bits per heavy atom. The van der Waals surface area contributed by atoms with Gasteiger partial charge in [-0.3, -0.25) is 4.79 Å². The largest absolute Gasteiger partial charge is 0.371 e. The summed E-state index contributed by atoms with van der Waals surface area (Å²) >= 11 is 0. The number of benzene rings is 2. The lowest BCUT2D eigenvalue weighted by Gasteiger charge is -2.35. The lowest BCUT2D eigenvalue weighted by molar-refractivity contribution is -0.133. The smallest absolute Gasteiger partial charge is 0.223 e. The zero-order valence-electron chi connectivity index (χ0n) is 14.5. The third kappa shape index (κ3) is 4.07. The van der Waals surface area contributed by atoms with E-state index in [-0.39, 0.29) is 23.9 Å². The summed E-state index contributed by atoms with van der Waals surface area (Å²) in [5.41, 5.74) is 1.94. The van der Waals surface area contributed by atoms with Gasteiger partial charge in [0, 0.05) is 19.6 Å². The van der Waals surface area contributed by atoms with Gasteiger partial charge in [-0.25, -0.2) is 4.39 Å². The van der Waals surface area contributed by atoms with Crippen molar-refractivity contribution in [3.8, 4) is 0 Å². The van der Waals surface area contributed by atoms with Crippen molar-refractivity contribution in [3.05, 3.63) is 71.5 Å². The van der Waals surface area contributed by atoms with Gasteiger partial charge in [-0.15, -0.1) is 0 Å². The van der Waals surface area contributed by atoms with Gasteiger partial charge in [-0.2, -0.15) is 0 Å². The number of ether oxygens (including phenoxy) is 1. The first-order valence-corrected chi connectivity index (χ1v) is 8.92. The number of halogens is 1. The van der Waals surface area contributed by atoms with E-state index in [9.17, 15) is 9.18 Å². The number of carbonyl (C=O) groups is 1. The fourth-order valence-corrected chi connectivity index (χ4v) is 3.40. The summed E-state index contributed by atoms with van der Waals surface area (Å²) in [5, 5.41) is 0. The monoisotopic (exact) mass is 341 g/mol. The molecule has 1 fully saturated rings. The maximum atomic E-state index is 13.4. The lowest BCUT2D eigenvalue weighted by Crippen LogP contribution is -2.35. The second-order valence-corrected chi connectivity index (χ2v) is 6.39. The molecule has 2 aromatic carbocycles. The summed E-state index contributed by atoms with van der Waals surface area (Å²) in [7, 11) is 0. The Morgan fingerprint density at radius 3 is 2.40 bits per heavy atom. The molecule has 1 saturated heterocycles. The minimum absolute atomic E-state index is 0.154. The van der Waals surface area contributed by atoms with Crippen LogP contribution in [0.2, 0.25) is 0 Å². The van der Waals surface area contributed by atoms with Crippen LogP contribution in [0.3, 0.4) is 0 Å². The first-order chi connectivity index (χ1) is 12.2. The van der Waals surface area contributed by atoms with E-state index in [0.717, 1.165) is 30.5 Å². The molecule has 1 heterocycles. The van der Waals surface area contributed by atoms with Gasteiger partial charge < -0.3 is 9.64 Å². The minimum Gasteiger partial charge on any atom is -0.371 e. The van der Waals surface area contributed by atoms with Crippen LogP contribution in [0, 0.1) is 5.82 Å². The molecule has 0 N–H and O–H groups in total. The molecule has 3 nitrogen and oxygen atoms in total. The Morgan fingerprint density at radius 2 is 1.80 bits per heavy atom. The van der Waals surface area contributed by atoms with Gasteiger partial charge in [0.25, 0.3) is 0 Å². The molecule has 0 radical (unpaired) electrons. The normalized spacial score (nSPS) is 16.9. The molecule has 1 amide bonds. The van der Waals surface area contributed by atoms with Gasteiger partial charge in [-0.1, -0.05) is 49.4 Å². The standard InChI is InChI=1S/C21H24FNO2/c1-2-15-25-21(17-10-12-18(22)13-11-17)20(16-7-4-3-5-8-16)23-14-6-9-19(23)24/h3-5,7-8,10-13,20-21H,2,6,9,14-15H2,1H3/t20?,21-/m0/s1. The molecule has 3 rings (SSSR count). The van der Waals surface area contributed by atoms with Crippen molar-refractivity contribution in [1.82, 2.24) is 4.90 Å². The SMILES string of the molecule is CCCO[C@@H](c1ccc(F)cc1)C(c1ccccc1)N1CCCC1=O. The van der Waals surface area contributed by atoms with Crippen LogP contribution in [0.1, 0.15) is 49.5 Å². The van der Waals surface area contributed by atoms with Gasteiger partial charge in [0.15, 0.2) is 0 Å². The lowest BCUT2D eigenvalue weighted by atomic mass is 9.94. The van der Waals surface area contributed by atoms with Crippen LogP contribution >= 0.6 is 0 Å². The van der Waals surface area contributed by atoms with Crippen molar-refractivity contribution in [2.75, 3.05) is 13.2 Å². The molecule has 1 aliphatic rings. The molecule has 4 heteroatoms. The highest BCUT2D eigenvalue weighted by atomic mass is 19.1. The number of likely N-dealkylation sites (tertiary alicyclic amines) is 1. The molecule has 132 valence electrons. The minimum atomic E-state index is -0.315. The summed E-state index contributed by atoms with van der Waals surface area (Å²) in [4.78, 5) is 14.4. The van der Waals surface area contributed by atoms with Gasteiger partial charge in [0.2, 0.25) is 5.91 Å². The van der Waals surface area contributed by atoms with Crippen LogP contribution in [-0.4, -0.2) is 24.0 Å². The van der Waals surface area contributed by atoms with Crippen LogP contribution < -0.4 is 0 Å². The molecule has 0 spiro atoms. The Bertz CT molecular complexity index is 687. The van der Waals surface area contributed by atoms with Crippen molar-refractivity contribution in [3.63, 3.8) is 0 Å². The summed E-state index contributed by atoms with van der Waals surface area (Å²) in [6, 6.07) is 16.2. The molecule has 0 aliphatic carbocycles. The van der Waals surface area contributed by atoms with Gasteiger partial charge in [0.1, 0.15) is 11.9 Å². The quantitative estimate of drug-likeness (QED) is 0.733. The summed E-state index contributed by atoms with van der Waals surface area (Å²) in [6.07, 6.45) is 2.01. The molecule has 0 saturated carbocycles. The van der Waals surface area contributed by atoms with E-state index >= 15 is 0 Å². The van der Waals surface area contributed by atoms with E-state index in [1.807, 2.05) is 35.2 Å². The third-order valence-corrected chi connectivity index (χ3v) is 4.57. The molecular weight excluding hydrogens is 317 g/mol. The van der Waals surface area contributed by atoms with Crippen LogP contribution in [-0.2, 0) is 9.53 Å².